The highest BCUT2D eigenvalue weighted by molar-refractivity contribution is 5.68. The van der Waals surface area contributed by atoms with Crippen molar-refractivity contribution in [3.63, 3.8) is 0 Å². The van der Waals surface area contributed by atoms with Crippen LogP contribution in [0.5, 0.6) is 0 Å². The molecule has 0 unspecified atom stereocenters. The molecule has 4 nitrogen and oxygen atoms in total. The highest BCUT2D eigenvalue weighted by Gasteiger charge is 2.48. The summed E-state index contributed by atoms with van der Waals surface area (Å²) in [6.45, 7) is 7.47. The summed E-state index contributed by atoms with van der Waals surface area (Å²) >= 11 is 0. The average molecular weight is 335 g/mol. The lowest BCUT2D eigenvalue weighted by Gasteiger charge is -2.55. The maximum Gasteiger partial charge on any atom is 0.410 e. The number of hydrogen-bond donors (Lipinski definition) is 1. The maximum atomic E-state index is 12.2. The predicted molar refractivity (Wildman–Crippen MR) is 94.8 cm³/mol. The van der Waals surface area contributed by atoms with Crippen molar-refractivity contribution < 1.29 is 9.53 Å². The Balaban J connectivity index is 1.27. The average Bonchev–Trinajstić information content (AvgIpc) is 2.49. The Kier molecular flexibility index (Phi) is 4.30. The summed E-state index contributed by atoms with van der Waals surface area (Å²) in [5, 5.41) is 4.03. The smallest absolute Gasteiger partial charge is 0.410 e. The summed E-state index contributed by atoms with van der Waals surface area (Å²) in [7, 11) is 0. The monoisotopic (exact) mass is 334 g/mol. The molecule has 0 aromatic rings. The summed E-state index contributed by atoms with van der Waals surface area (Å²) in [5.41, 5.74) is -0.396. The molecule has 4 bridgehead atoms. The number of rotatable bonds is 2. The lowest BCUT2D eigenvalue weighted by molar-refractivity contribution is -0.0217. The number of likely N-dealkylation sites (tertiary alicyclic amines) is 1. The summed E-state index contributed by atoms with van der Waals surface area (Å²) < 4.78 is 5.51. The molecule has 4 saturated carbocycles. The Bertz CT molecular complexity index is 449. The standard InChI is InChI=1S/C20H34N2O2/c1-20(2,3)24-19(23)22-6-4-17(5-7-22)21-18-15-9-13-8-14(11-15)12-16(18)10-13/h13-18,21H,4-12H2,1-3H3. The number of ether oxygens (including phenoxy) is 1. The molecular weight excluding hydrogens is 300 g/mol. The van der Waals surface area contributed by atoms with E-state index in [1.54, 1.807) is 0 Å². The molecule has 1 saturated heterocycles. The van der Waals surface area contributed by atoms with Gasteiger partial charge in [-0.3, -0.25) is 0 Å². The van der Waals surface area contributed by atoms with Crippen LogP contribution in [-0.4, -0.2) is 41.8 Å². The minimum absolute atomic E-state index is 0.143. The molecule has 0 aromatic heterocycles. The molecule has 1 aliphatic heterocycles. The van der Waals surface area contributed by atoms with Gasteiger partial charge in [-0.15, -0.1) is 0 Å². The summed E-state index contributed by atoms with van der Waals surface area (Å²) in [5.74, 6) is 3.95. The van der Waals surface area contributed by atoms with E-state index >= 15 is 0 Å². The van der Waals surface area contributed by atoms with Crippen LogP contribution >= 0.6 is 0 Å². The van der Waals surface area contributed by atoms with Gasteiger partial charge >= 0.3 is 6.09 Å². The van der Waals surface area contributed by atoms with Gasteiger partial charge in [0.25, 0.3) is 0 Å². The fraction of sp³-hybridized carbons (Fsp3) is 0.950. The van der Waals surface area contributed by atoms with E-state index < -0.39 is 5.60 Å². The molecule has 5 aliphatic rings. The van der Waals surface area contributed by atoms with Crippen LogP contribution in [0.25, 0.3) is 0 Å². The highest BCUT2D eigenvalue weighted by Crippen LogP contribution is 2.53. The van der Waals surface area contributed by atoms with E-state index in [0.29, 0.717) is 6.04 Å². The van der Waals surface area contributed by atoms with Gasteiger partial charge in [-0.05, 0) is 89.4 Å². The number of hydrogen-bond acceptors (Lipinski definition) is 3. The van der Waals surface area contributed by atoms with Crippen molar-refractivity contribution >= 4 is 6.09 Å². The second-order valence-corrected chi connectivity index (χ2v) is 9.86. The van der Waals surface area contributed by atoms with Crippen molar-refractivity contribution in [2.24, 2.45) is 23.7 Å². The fourth-order valence-electron chi connectivity index (χ4n) is 6.02. The molecule has 1 amide bonds. The van der Waals surface area contributed by atoms with Gasteiger partial charge in [-0.25, -0.2) is 4.79 Å². The van der Waals surface area contributed by atoms with Gasteiger partial charge in [0, 0.05) is 25.2 Å². The van der Waals surface area contributed by atoms with Crippen molar-refractivity contribution in [2.45, 2.75) is 83.4 Å². The van der Waals surface area contributed by atoms with Crippen molar-refractivity contribution in [1.82, 2.24) is 10.2 Å². The second kappa shape index (κ2) is 6.19. The minimum atomic E-state index is -0.396. The summed E-state index contributed by atoms with van der Waals surface area (Å²) in [6.07, 6.45) is 9.42. The Morgan fingerprint density at radius 3 is 2.00 bits per heavy atom. The Morgan fingerprint density at radius 2 is 1.50 bits per heavy atom. The third kappa shape index (κ3) is 3.44. The normalized spacial score (nSPS) is 39.3. The lowest BCUT2D eigenvalue weighted by atomic mass is 9.54. The van der Waals surface area contributed by atoms with Crippen LogP contribution in [0.1, 0.15) is 65.7 Å². The Hall–Kier alpha value is -0.770. The van der Waals surface area contributed by atoms with Gasteiger partial charge in [-0.1, -0.05) is 0 Å². The van der Waals surface area contributed by atoms with Crippen LogP contribution in [0.4, 0.5) is 4.79 Å². The Morgan fingerprint density at radius 1 is 0.958 bits per heavy atom. The van der Waals surface area contributed by atoms with Crippen LogP contribution in [0.2, 0.25) is 0 Å². The third-order valence-corrected chi connectivity index (χ3v) is 6.80. The van der Waals surface area contributed by atoms with Crippen LogP contribution in [0.3, 0.4) is 0 Å². The number of nitrogens with one attached hydrogen (secondary N) is 1. The second-order valence-electron chi connectivity index (χ2n) is 9.86. The van der Waals surface area contributed by atoms with Crippen LogP contribution in [-0.2, 0) is 4.74 Å². The van der Waals surface area contributed by atoms with E-state index in [1.807, 2.05) is 25.7 Å². The summed E-state index contributed by atoms with van der Waals surface area (Å²) in [4.78, 5) is 14.1. The number of carbonyl (C=O) groups excluding carboxylic acids is 1. The largest absolute Gasteiger partial charge is 0.444 e. The van der Waals surface area contributed by atoms with Crippen LogP contribution in [0, 0.1) is 23.7 Å². The predicted octanol–water partition coefficient (Wildman–Crippen LogP) is 3.80. The molecule has 0 spiro atoms. The van der Waals surface area contributed by atoms with E-state index in [9.17, 15) is 4.79 Å². The first-order valence-electron chi connectivity index (χ1n) is 10.1. The van der Waals surface area contributed by atoms with Gasteiger partial charge < -0.3 is 15.0 Å². The van der Waals surface area contributed by atoms with Gasteiger partial charge in [0.15, 0.2) is 0 Å². The van der Waals surface area contributed by atoms with E-state index in [0.717, 1.165) is 55.6 Å². The molecule has 1 heterocycles. The summed E-state index contributed by atoms with van der Waals surface area (Å²) in [6, 6.07) is 1.35. The highest BCUT2D eigenvalue weighted by atomic mass is 16.6. The van der Waals surface area contributed by atoms with Gasteiger partial charge in [0.2, 0.25) is 0 Å². The lowest BCUT2D eigenvalue weighted by Crippen LogP contribution is -2.58. The number of nitrogens with zero attached hydrogens (tertiary/aromatic N) is 1. The molecule has 1 N–H and O–H groups in total. The zero-order valence-electron chi connectivity index (χ0n) is 15.6. The molecule has 5 fully saturated rings. The third-order valence-electron chi connectivity index (χ3n) is 6.80. The first kappa shape index (κ1) is 16.7. The van der Waals surface area contributed by atoms with Gasteiger partial charge in [-0.2, -0.15) is 0 Å². The van der Waals surface area contributed by atoms with E-state index in [4.69, 9.17) is 4.74 Å². The van der Waals surface area contributed by atoms with E-state index in [1.165, 1.54) is 32.1 Å². The quantitative estimate of drug-likeness (QED) is 0.835. The molecule has 0 atom stereocenters. The molecule has 24 heavy (non-hydrogen) atoms. The zero-order chi connectivity index (χ0) is 16.9. The van der Waals surface area contributed by atoms with Crippen molar-refractivity contribution in [1.29, 1.82) is 0 Å². The SMILES string of the molecule is CC(C)(C)OC(=O)N1CCC(NC2C3CC4CC(C3)CC2C4)CC1. The van der Waals surface area contributed by atoms with E-state index in [2.05, 4.69) is 5.32 Å². The number of carbonyl (C=O) groups is 1. The van der Waals surface area contributed by atoms with Gasteiger partial charge in [0.05, 0.1) is 0 Å². The molecular formula is C20H34N2O2. The molecule has 4 aliphatic carbocycles. The van der Waals surface area contributed by atoms with Crippen molar-refractivity contribution in [3.8, 4) is 0 Å². The van der Waals surface area contributed by atoms with Crippen molar-refractivity contribution in [3.05, 3.63) is 0 Å². The molecule has 0 radical (unpaired) electrons. The molecule has 4 heteroatoms. The zero-order valence-corrected chi connectivity index (χ0v) is 15.6. The molecule has 5 rings (SSSR count). The fourth-order valence-corrected chi connectivity index (χ4v) is 6.02. The van der Waals surface area contributed by atoms with Crippen molar-refractivity contribution in [2.75, 3.05) is 13.1 Å². The van der Waals surface area contributed by atoms with Gasteiger partial charge in [0.1, 0.15) is 5.60 Å². The number of piperidine rings is 1. The van der Waals surface area contributed by atoms with Crippen LogP contribution in [0.15, 0.2) is 0 Å². The topological polar surface area (TPSA) is 41.6 Å². The molecule has 0 aromatic carbocycles. The minimum Gasteiger partial charge on any atom is -0.444 e. The molecule has 136 valence electrons. The number of amides is 1. The maximum absolute atomic E-state index is 12.2. The van der Waals surface area contributed by atoms with E-state index in [-0.39, 0.29) is 6.09 Å². The first-order valence-corrected chi connectivity index (χ1v) is 10.1. The van der Waals surface area contributed by atoms with Crippen LogP contribution < -0.4 is 5.32 Å². The first-order chi connectivity index (χ1) is 11.4. The Labute approximate surface area is 146 Å².